The molecular weight excluding hydrogens is 240 g/mol. The zero-order valence-electron chi connectivity index (χ0n) is 12.8. The normalized spacial score (nSPS) is 35.9. The monoisotopic (exact) mass is 268 g/mol. The van der Waals surface area contributed by atoms with E-state index >= 15 is 0 Å². The maximum atomic E-state index is 12.7. The first-order valence-electron chi connectivity index (χ1n) is 7.61. The highest BCUT2D eigenvalue weighted by atomic mass is 16.5. The van der Waals surface area contributed by atoms with E-state index in [2.05, 4.69) is 44.8 Å². The molecular formula is C15H28N2O2. The quantitative estimate of drug-likeness (QED) is 0.848. The predicted molar refractivity (Wildman–Crippen MR) is 75.7 cm³/mol. The van der Waals surface area contributed by atoms with Gasteiger partial charge in [0, 0.05) is 6.61 Å². The predicted octanol–water partition coefficient (Wildman–Crippen LogP) is 1.99. The molecule has 0 radical (unpaired) electrons. The van der Waals surface area contributed by atoms with Gasteiger partial charge in [0.2, 0.25) is 5.91 Å². The summed E-state index contributed by atoms with van der Waals surface area (Å²) >= 11 is 0. The molecule has 1 amide bonds. The van der Waals surface area contributed by atoms with Crippen LogP contribution >= 0.6 is 0 Å². The summed E-state index contributed by atoms with van der Waals surface area (Å²) in [4.78, 5) is 14.8. The Bertz CT molecular complexity index is 330. The average molecular weight is 268 g/mol. The molecule has 2 saturated heterocycles. The second kappa shape index (κ2) is 5.80. The van der Waals surface area contributed by atoms with E-state index in [1.807, 2.05) is 0 Å². The van der Waals surface area contributed by atoms with Crippen LogP contribution in [0.3, 0.4) is 0 Å². The summed E-state index contributed by atoms with van der Waals surface area (Å²) in [5, 5.41) is 3.54. The van der Waals surface area contributed by atoms with Gasteiger partial charge in [0.15, 0.2) is 0 Å². The topological polar surface area (TPSA) is 41.6 Å². The summed E-state index contributed by atoms with van der Waals surface area (Å²) in [6.45, 7) is 11.5. The number of hydrogen-bond donors (Lipinski definition) is 1. The Labute approximate surface area is 116 Å². The standard InChI is InChI=1S/C15H28N2O2/c1-9(2)8-12-15(18)17(14(16-12)10(3)4)13-6-7-19-11(13)5/h9-14,16H,6-8H2,1-5H3. The van der Waals surface area contributed by atoms with Crippen molar-refractivity contribution in [3.63, 3.8) is 0 Å². The van der Waals surface area contributed by atoms with Crippen molar-refractivity contribution >= 4 is 5.91 Å². The molecule has 0 spiro atoms. The molecule has 110 valence electrons. The molecule has 4 unspecified atom stereocenters. The van der Waals surface area contributed by atoms with Crippen LogP contribution < -0.4 is 5.32 Å². The molecule has 4 heteroatoms. The van der Waals surface area contributed by atoms with Crippen molar-refractivity contribution in [1.82, 2.24) is 10.2 Å². The molecule has 4 nitrogen and oxygen atoms in total. The lowest BCUT2D eigenvalue weighted by molar-refractivity contribution is -0.134. The van der Waals surface area contributed by atoms with E-state index < -0.39 is 0 Å². The van der Waals surface area contributed by atoms with E-state index in [9.17, 15) is 4.79 Å². The fourth-order valence-corrected chi connectivity index (χ4v) is 3.28. The van der Waals surface area contributed by atoms with Crippen LogP contribution in [0.15, 0.2) is 0 Å². The molecule has 2 heterocycles. The number of carbonyl (C=O) groups excluding carboxylic acids is 1. The third-order valence-electron chi connectivity index (χ3n) is 4.26. The molecule has 2 aliphatic rings. The number of hydrogen-bond acceptors (Lipinski definition) is 3. The van der Waals surface area contributed by atoms with Crippen molar-refractivity contribution in [2.75, 3.05) is 6.61 Å². The largest absolute Gasteiger partial charge is 0.376 e. The van der Waals surface area contributed by atoms with Crippen molar-refractivity contribution in [2.24, 2.45) is 11.8 Å². The molecule has 0 aromatic rings. The fraction of sp³-hybridized carbons (Fsp3) is 0.933. The Balaban J connectivity index is 2.16. The highest BCUT2D eigenvalue weighted by Crippen LogP contribution is 2.29. The summed E-state index contributed by atoms with van der Waals surface area (Å²) in [6, 6.07) is 0.227. The summed E-state index contributed by atoms with van der Waals surface area (Å²) in [6.07, 6.45) is 2.20. The lowest BCUT2D eigenvalue weighted by Crippen LogP contribution is -2.49. The van der Waals surface area contributed by atoms with E-state index in [0.29, 0.717) is 11.8 Å². The van der Waals surface area contributed by atoms with Crippen LogP contribution in [0.4, 0.5) is 0 Å². The maximum absolute atomic E-state index is 12.7. The molecule has 4 atom stereocenters. The van der Waals surface area contributed by atoms with Gasteiger partial charge >= 0.3 is 0 Å². The maximum Gasteiger partial charge on any atom is 0.241 e. The van der Waals surface area contributed by atoms with Crippen LogP contribution in [0.25, 0.3) is 0 Å². The molecule has 1 N–H and O–H groups in total. The minimum absolute atomic E-state index is 0.0137. The number of carbonyl (C=O) groups is 1. The molecule has 0 aromatic heterocycles. The Hall–Kier alpha value is -0.610. The molecule has 0 bridgehead atoms. The summed E-state index contributed by atoms with van der Waals surface area (Å²) < 4.78 is 5.65. The van der Waals surface area contributed by atoms with Crippen molar-refractivity contribution in [3.8, 4) is 0 Å². The Morgan fingerprint density at radius 3 is 2.53 bits per heavy atom. The Kier molecular flexibility index (Phi) is 4.51. The van der Waals surface area contributed by atoms with Gasteiger partial charge in [-0.3, -0.25) is 10.1 Å². The van der Waals surface area contributed by atoms with Crippen LogP contribution in [0, 0.1) is 11.8 Å². The third-order valence-corrected chi connectivity index (χ3v) is 4.26. The van der Waals surface area contributed by atoms with E-state index in [-0.39, 0.29) is 30.3 Å². The van der Waals surface area contributed by atoms with Crippen LogP contribution in [-0.4, -0.2) is 41.8 Å². The van der Waals surface area contributed by atoms with Gasteiger partial charge in [0.1, 0.15) is 0 Å². The number of ether oxygens (including phenoxy) is 1. The zero-order valence-corrected chi connectivity index (χ0v) is 12.8. The molecule has 2 aliphatic heterocycles. The van der Waals surface area contributed by atoms with Gasteiger partial charge in [0.05, 0.1) is 24.4 Å². The average Bonchev–Trinajstić information content (AvgIpc) is 2.84. The summed E-state index contributed by atoms with van der Waals surface area (Å²) in [7, 11) is 0. The Morgan fingerprint density at radius 2 is 2.05 bits per heavy atom. The molecule has 2 fully saturated rings. The molecule has 19 heavy (non-hydrogen) atoms. The number of rotatable bonds is 4. The van der Waals surface area contributed by atoms with Gasteiger partial charge in [-0.25, -0.2) is 0 Å². The van der Waals surface area contributed by atoms with Crippen LogP contribution in [0.1, 0.15) is 47.5 Å². The molecule has 0 saturated carbocycles. The van der Waals surface area contributed by atoms with Crippen molar-refractivity contribution < 1.29 is 9.53 Å². The van der Waals surface area contributed by atoms with Gasteiger partial charge in [-0.15, -0.1) is 0 Å². The van der Waals surface area contributed by atoms with Crippen LogP contribution in [0.2, 0.25) is 0 Å². The first-order chi connectivity index (χ1) is 8.91. The van der Waals surface area contributed by atoms with E-state index in [1.165, 1.54) is 0 Å². The summed E-state index contributed by atoms with van der Waals surface area (Å²) in [5.41, 5.74) is 0. The first-order valence-corrected chi connectivity index (χ1v) is 7.61. The van der Waals surface area contributed by atoms with Crippen molar-refractivity contribution in [3.05, 3.63) is 0 Å². The van der Waals surface area contributed by atoms with E-state index in [4.69, 9.17) is 4.74 Å². The fourth-order valence-electron chi connectivity index (χ4n) is 3.28. The van der Waals surface area contributed by atoms with E-state index in [1.54, 1.807) is 0 Å². The van der Waals surface area contributed by atoms with Gasteiger partial charge < -0.3 is 9.64 Å². The Morgan fingerprint density at radius 1 is 1.37 bits per heavy atom. The second-order valence-corrected chi connectivity index (χ2v) is 6.72. The minimum Gasteiger partial charge on any atom is -0.376 e. The van der Waals surface area contributed by atoms with Crippen LogP contribution in [0.5, 0.6) is 0 Å². The molecule has 2 rings (SSSR count). The van der Waals surface area contributed by atoms with Crippen LogP contribution in [-0.2, 0) is 9.53 Å². The minimum atomic E-state index is -0.0137. The highest BCUT2D eigenvalue weighted by Gasteiger charge is 2.46. The SMILES string of the molecule is CC(C)CC1NC(C(C)C)N(C2CCOC2C)C1=O. The number of nitrogens with zero attached hydrogens (tertiary/aromatic N) is 1. The summed E-state index contributed by atoms with van der Waals surface area (Å²) in [5.74, 6) is 1.23. The molecule has 0 aliphatic carbocycles. The number of amides is 1. The van der Waals surface area contributed by atoms with Crippen molar-refractivity contribution in [1.29, 1.82) is 0 Å². The van der Waals surface area contributed by atoms with Gasteiger partial charge in [0.25, 0.3) is 0 Å². The highest BCUT2D eigenvalue weighted by molar-refractivity contribution is 5.84. The lowest BCUT2D eigenvalue weighted by atomic mass is 10.0. The lowest BCUT2D eigenvalue weighted by Gasteiger charge is -2.33. The van der Waals surface area contributed by atoms with Crippen molar-refractivity contribution in [2.45, 2.75) is 71.8 Å². The zero-order chi connectivity index (χ0) is 14.2. The number of nitrogens with one attached hydrogen (secondary N) is 1. The molecule has 0 aromatic carbocycles. The second-order valence-electron chi connectivity index (χ2n) is 6.72. The smallest absolute Gasteiger partial charge is 0.241 e. The van der Waals surface area contributed by atoms with Gasteiger partial charge in [-0.05, 0) is 31.6 Å². The first kappa shape index (κ1) is 14.8. The van der Waals surface area contributed by atoms with Gasteiger partial charge in [-0.2, -0.15) is 0 Å². The third kappa shape index (κ3) is 2.95. The van der Waals surface area contributed by atoms with Gasteiger partial charge in [-0.1, -0.05) is 27.7 Å². The van der Waals surface area contributed by atoms with E-state index in [0.717, 1.165) is 19.4 Å².